The molecule has 238 valence electrons. The third kappa shape index (κ3) is 14.4. The molecule has 0 saturated heterocycles. The number of allylic oxidation sites excluding steroid dienone is 2. The molecule has 0 unspecified atom stereocenters. The molecular weight excluding hydrogens is 625 g/mol. The minimum Gasteiger partial charge on any atom is -0.377 e. The maximum atomic E-state index is 5.91. The molecule has 0 fully saturated rings. The van der Waals surface area contributed by atoms with Crippen molar-refractivity contribution in [2.24, 2.45) is 0 Å². The molecule has 0 spiro atoms. The molecule has 0 aliphatic carbocycles. The highest BCUT2D eigenvalue weighted by Gasteiger charge is 2.23. The molecule has 0 aromatic heterocycles. The fraction of sp³-hybridized carbons (Fsp3) is 0.714. The Hall–Kier alpha value is -0.0400. The summed E-state index contributed by atoms with van der Waals surface area (Å²) < 4.78 is 59.4. The van der Waals surface area contributed by atoms with Crippen LogP contribution in [0, 0.1) is 0 Å². The van der Waals surface area contributed by atoms with Crippen LogP contribution < -0.4 is 0 Å². The first-order valence-electron chi connectivity index (χ1n) is 14.2. The summed E-state index contributed by atoms with van der Waals surface area (Å²) in [5.41, 5.74) is 0. The topological polar surface area (TPSA) is 92.3 Å². The van der Waals surface area contributed by atoms with Gasteiger partial charge in [-0.25, -0.2) is 0 Å². The quantitative estimate of drug-likeness (QED) is 0.400. The molecule has 4 aliphatic heterocycles. The van der Waals surface area contributed by atoms with E-state index in [-0.39, 0.29) is 0 Å². The smallest absolute Gasteiger partial charge is 0.0789 e. The number of ether oxygens (including phenoxy) is 10. The summed E-state index contributed by atoms with van der Waals surface area (Å²) >= 11 is 6.97. The van der Waals surface area contributed by atoms with Gasteiger partial charge in [0.2, 0.25) is 0 Å². The Kier molecular flexibility index (Phi) is 18.6. The van der Waals surface area contributed by atoms with Gasteiger partial charge in [0.25, 0.3) is 0 Å². The second-order valence-electron chi connectivity index (χ2n) is 8.96. The molecule has 0 atom stereocenters. The van der Waals surface area contributed by atoms with Crippen LogP contribution in [-0.4, -0.2) is 132 Å². The Labute approximate surface area is 265 Å². The molecular formula is C28H42O10S4. The highest BCUT2D eigenvalue weighted by Crippen LogP contribution is 2.52. The lowest BCUT2D eigenvalue weighted by molar-refractivity contribution is -0.00677. The van der Waals surface area contributed by atoms with Crippen LogP contribution in [0.4, 0.5) is 0 Å². The predicted molar refractivity (Wildman–Crippen MR) is 169 cm³/mol. The number of rotatable bonds is 1. The molecule has 0 N–H and O–H groups in total. The first-order chi connectivity index (χ1) is 20.9. The van der Waals surface area contributed by atoms with Crippen LogP contribution in [0.3, 0.4) is 0 Å². The van der Waals surface area contributed by atoms with Gasteiger partial charge < -0.3 is 47.4 Å². The molecule has 14 heteroatoms. The molecule has 10 nitrogen and oxygen atoms in total. The van der Waals surface area contributed by atoms with Gasteiger partial charge in [0.15, 0.2) is 0 Å². The van der Waals surface area contributed by atoms with Gasteiger partial charge in [-0.2, -0.15) is 0 Å². The monoisotopic (exact) mass is 666 g/mol. The minimum absolute atomic E-state index is 0.537. The molecule has 0 aromatic rings. The van der Waals surface area contributed by atoms with Crippen LogP contribution in [0.25, 0.3) is 0 Å². The second-order valence-corrected chi connectivity index (χ2v) is 14.0. The van der Waals surface area contributed by atoms with Crippen molar-refractivity contribution in [3.8, 4) is 0 Å². The predicted octanol–water partition coefficient (Wildman–Crippen LogP) is 4.25. The van der Waals surface area contributed by atoms with Gasteiger partial charge >= 0.3 is 0 Å². The summed E-state index contributed by atoms with van der Waals surface area (Å²) in [6, 6.07) is 0. The average molecular weight is 667 g/mol. The van der Waals surface area contributed by atoms with Crippen molar-refractivity contribution in [1.29, 1.82) is 0 Å². The maximum absolute atomic E-state index is 5.91. The Morgan fingerprint density at radius 3 is 0.690 bits per heavy atom. The molecule has 0 aromatic carbocycles. The Balaban J connectivity index is 1.29. The van der Waals surface area contributed by atoms with Crippen LogP contribution in [0.5, 0.6) is 0 Å². The summed E-state index contributed by atoms with van der Waals surface area (Å²) in [6.07, 6.45) is 4.36. The van der Waals surface area contributed by atoms with Crippen LogP contribution in [-0.2, 0) is 47.4 Å². The average Bonchev–Trinajstić information content (AvgIpc) is 3.58. The molecule has 42 heavy (non-hydrogen) atoms. The zero-order chi connectivity index (χ0) is 28.9. The van der Waals surface area contributed by atoms with Gasteiger partial charge in [-0.1, -0.05) is 47.0 Å². The van der Waals surface area contributed by atoms with Gasteiger partial charge in [0.05, 0.1) is 132 Å². The SMILES string of the molecule is C(C=C1SC2=C(COCCOCCOCCOCCOC2)S1)=C1SC2=C(COCCOCCOCCOCCOC2)S1. The van der Waals surface area contributed by atoms with E-state index in [1.807, 2.05) is 0 Å². The van der Waals surface area contributed by atoms with Crippen LogP contribution >= 0.6 is 47.0 Å². The van der Waals surface area contributed by atoms with Crippen molar-refractivity contribution >= 4 is 47.0 Å². The van der Waals surface area contributed by atoms with Crippen LogP contribution in [0.1, 0.15) is 0 Å². The minimum atomic E-state index is 0.537. The van der Waals surface area contributed by atoms with Gasteiger partial charge in [-0.05, 0) is 12.2 Å². The molecule has 4 aliphatic rings. The van der Waals surface area contributed by atoms with Crippen molar-refractivity contribution in [3.05, 3.63) is 40.2 Å². The summed E-state index contributed by atoms with van der Waals surface area (Å²) in [6.45, 7) is 10.9. The van der Waals surface area contributed by atoms with E-state index in [1.54, 1.807) is 47.0 Å². The summed E-state index contributed by atoms with van der Waals surface area (Å²) in [4.78, 5) is 4.73. The molecule has 4 heterocycles. The largest absolute Gasteiger partial charge is 0.377 e. The zero-order valence-corrected chi connectivity index (χ0v) is 27.3. The standard InChI is InChI=1S/C28H42O10S4/c1(27-39-23-19-35-15-11-31-7-3-29-4-8-32-12-16-36-20-24(23)40-27)2-28-41-25-21-37-17-13-33-9-5-30-6-10-34-14-18-38-22-26(25)42-28/h1-2H,3-22H2. The molecule has 0 radical (unpaired) electrons. The molecule has 0 amide bonds. The second kappa shape index (κ2) is 22.5. The van der Waals surface area contributed by atoms with Crippen molar-refractivity contribution < 1.29 is 47.4 Å². The van der Waals surface area contributed by atoms with E-state index >= 15 is 0 Å². The first-order valence-corrected chi connectivity index (χ1v) is 17.5. The maximum Gasteiger partial charge on any atom is 0.0789 e. The van der Waals surface area contributed by atoms with E-state index in [2.05, 4.69) is 12.2 Å². The fourth-order valence-electron chi connectivity index (χ4n) is 3.68. The third-order valence-electron chi connectivity index (χ3n) is 5.78. The summed E-state index contributed by atoms with van der Waals surface area (Å²) in [5.74, 6) is 0. The van der Waals surface area contributed by atoms with E-state index in [4.69, 9.17) is 47.4 Å². The van der Waals surface area contributed by atoms with Crippen molar-refractivity contribution in [2.45, 2.75) is 0 Å². The van der Waals surface area contributed by atoms with Crippen molar-refractivity contribution in [3.63, 3.8) is 0 Å². The van der Waals surface area contributed by atoms with Crippen molar-refractivity contribution in [2.75, 3.05) is 132 Å². The van der Waals surface area contributed by atoms with E-state index < -0.39 is 0 Å². The van der Waals surface area contributed by atoms with Gasteiger partial charge in [0.1, 0.15) is 0 Å². The van der Waals surface area contributed by atoms with Crippen LogP contribution in [0.15, 0.2) is 40.2 Å². The Morgan fingerprint density at radius 1 is 0.286 bits per heavy atom. The van der Waals surface area contributed by atoms with Gasteiger partial charge in [-0.3, -0.25) is 0 Å². The first kappa shape index (κ1) is 34.8. The molecule has 0 bridgehead atoms. The lowest BCUT2D eigenvalue weighted by Crippen LogP contribution is -2.13. The van der Waals surface area contributed by atoms with Crippen LogP contribution in [0.2, 0.25) is 0 Å². The third-order valence-corrected chi connectivity index (χ3v) is 10.8. The highest BCUT2D eigenvalue weighted by molar-refractivity contribution is 8.29. The number of hydrogen-bond donors (Lipinski definition) is 0. The summed E-state index contributed by atoms with van der Waals surface area (Å²) in [7, 11) is 0. The summed E-state index contributed by atoms with van der Waals surface area (Å²) in [5, 5.41) is 0. The Morgan fingerprint density at radius 2 is 0.476 bits per heavy atom. The number of hydrogen-bond acceptors (Lipinski definition) is 14. The lowest BCUT2D eigenvalue weighted by atomic mass is 10.5. The van der Waals surface area contributed by atoms with Gasteiger partial charge in [0, 0.05) is 28.1 Å². The lowest BCUT2D eigenvalue weighted by Gasteiger charge is -2.08. The van der Waals surface area contributed by atoms with E-state index in [1.165, 1.54) is 28.1 Å². The number of thioether (sulfide) groups is 4. The molecule has 0 saturated carbocycles. The van der Waals surface area contributed by atoms with E-state index in [0.717, 1.165) is 0 Å². The van der Waals surface area contributed by atoms with Gasteiger partial charge in [-0.15, -0.1) is 0 Å². The van der Waals surface area contributed by atoms with E-state index in [0.29, 0.717) is 132 Å². The fourth-order valence-corrected chi connectivity index (χ4v) is 8.50. The van der Waals surface area contributed by atoms with E-state index in [9.17, 15) is 0 Å². The zero-order valence-electron chi connectivity index (χ0n) is 24.0. The highest BCUT2D eigenvalue weighted by atomic mass is 32.2. The van der Waals surface area contributed by atoms with Crippen molar-refractivity contribution in [1.82, 2.24) is 0 Å². The normalized spacial score (nSPS) is 25.0. The molecule has 4 rings (SSSR count). The Bertz CT molecular complexity index is 779.